The Morgan fingerprint density at radius 3 is 2.94 bits per heavy atom. The van der Waals surface area contributed by atoms with Gasteiger partial charge in [0.25, 0.3) is 5.69 Å². The molecule has 0 aliphatic heterocycles. The lowest BCUT2D eigenvalue weighted by Crippen LogP contribution is -2.12. The Morgan fingerprint density at radius 2 is 2.29 bits per heavy atom. The molecule has 1 aliphatic rings. The van der Waals surface area contributed by atoms with Crippen LogP contribution >= 0.6 is 0 Å². The zero-order valence-corrected chi connectivity index (χ0v) is 9.45. The maximum atomic E-state index is 10.7. The molecule has 0 aromatic heterocycles. The number of hydrogen-bond acceptors (Lipinski definition) is 3. The Bertz CT molecular complexity index is 442. The number of nitro groups is 1. The lowest BCUT2D eigenvalue weighted by atomic mass is 9.87. The molecule has 0 saturated carbocycles. The van der Waals surface area contributed by atoms with Gasteiger partial charge in [-0.15, -0.1) is 0 Å². The smallest absolute Gasteiger partial charge is 0.269 e. The van der Waals surface area contributed by atoms with Gasteiger partial charge in [-0.2, -0.15) is 0 Å². The molecule has 1 N–H and O–H groups in total. The molecule has 0 amide bonds. The average molecular weight is 233 g/mol. The summed E-state index contributed by atoms with van der Waals surface area (Å²) in [6, 6.07) is 6.24. The van der Waals surface area contributed by atoms with E-state index in [0.717, 1.165) is 19.3 Å². The molecule has 2 unspecified atom stereocenters. The number of aliphatic hydroxyl groups excluding tert-OH is 1. The van der Waals surface area contributed by atoms with E-state index in [1.165, 1.54) is 12.1 Å². The Hall–Kier alpha value is -1.68. The van der Waals surface area contributed by atoms with Gasteiger partial charge in [0.05, 0.1) is 11.0 Å². The third-order valence-corrected chi connectivity index (χ3v) is 3.12. The van der Waals surface area contributed by atoms with Crippen molar-refractivity contribution in [1.29, 1.82) is 0 Å². The Labute approximate surface area is 99.7 Å². The minimum atomic E-state index is -0.647. The van der Waals surface area contributed by atoms with Crippen molar-refractivity contribution in [1.82, 2.24) is 0 Å². The number of non-ortho nitro benzene ring substituents is 1. The third-order valence-electron chi connectivity index (χ3n) is 3.12. The molecule has 0 bridgehead atoms. The molecule has 4 heteroatoms. The second-order valence-electron chi connectivity index (χ2n) is 4.32. The first-order valence-electron chi connectivity index (χ1n) is 5.77. The van der Waals surface area contributed by atoms with Crippen molar-refractivity contribution in [3.8, 4) is 0 Å². The van der Waals surface area contributed by atoms with E-state index >= 15 is 0 Å². The topological polar surface area (TPSA) is 63.4 Å². The average Bonchev–Trinajstić information content (AvgIpc) is 2.39. The van der Waals surface area contributed by atoms with E-state index < -0.39 is 11.0 Å². The molecule has 0 radical (unpaired) electrons. The zero-order chi connectivity index (χ0) is 12.3. The minimum Gasteiger partial charge on any atom is -0.388 e. The number of hydrogen-bond donors (Lipinski definition) is 1. The van der Waals surface area contributed by atoms with Gasteiger partial charge in [-0.05, 0) is 24.8 Å². The van der Waals surface area contributed by atoms with Crippen molar-refractivity contribution < 1.29 is 10.0 Å². The fourth-order valence-electron chi connectivity index (χ4n) is 2.17. The summed E-state index contributed by atoms with van der Waals surface area (Å²) in [4.78, 5) is 10.2. The molecule has 0 heterocycles. The molecular weight excluding hydrogens is 218 g/mol. The molecule has 1 aromatic rings. The van der Waals surface area contributed by atoms with Crippen LogP contribution in [0, 0.1) is 16.0 Å². The Balaban J connectivity index is 2.20. The molecule has 0 spiro atoms. The van der Waals surface area contributed by atoms with Crippen molar-refractivity contribution in [2.24, 2.45) is 5.92 Å². The Kier molecular flexibility index (Phi) is 3.54. The molecule has 2 atom stereocenters. The Morgan fingerprint density at radius 1 is 1.47 bits per heavy atom. The van der Waals surface area contributed by atoms with Crippen LogP contribution in [0.15, 0.2) is 36.4 Å². The largest absolute Gasteiger partial charge is 0.388 e. The van der Waals surface area contributed by atoms with Crippen molar-refractivity contribution in [3.05, 3.63) is 52.1 Å². The van der Waals surface area contributed by atoms with Gasteiger partial charge < -0.3 is 5.11 Å². The van der Waals surface area contributed by atoms with Crippen LogP contribution in [0.4, 0.5) is 5.69 Å². The van der Waals surface area contributed by atoms with Crippen molar-refractivity contribution in [2.45, 2.75) is 25.4 Å². The standard InChI is InChI=1S/C13H15NO3/c15-13(10-5-2-1-3-6-10)11-7-4-8-12(9-11)14(16)17/h2,4-5,7-10,13,15H,1,3,6H2. The highest BCUT2D eigenvalue weighted by atomic mass is 16.6. The number of aliphatic hydroxyl groups is 1. The van der Waals surface area contributed by atoms with Crippen molar-refractivity contribution in [3.63, 3.8) is 0 Å². The highest BCUT2D eigenvalue weighted by molar-refractivity contribution is 5.35. The van der Waals surface area contributed by atoms with Crippen LogP contribution < -0.4 is 0 Å². The normalized spacial score (nSPS) is 21.1. The van der Waals surface area contributed by atoms with Crippen molar-refractivity contribution in [2.75, 3.05) is 0 Å². The molecule has 1 aromatic carbocycles. The first-order valence-corrected chi connectivity index (χ1v) is 5.77. The van der Waals surface area contributed by atoms with Crippen LogP contribution in [-0.2, 0) is 0 Å². The van der Waals surface area contributed by atoms with Gasteiger partial charge >= 0.3 is 0 Å². The van der Waals surface area contributed by atoms with Gasteiger partial charge in [-0.1, -0.05) is 24.3 Å². The minimum absolute atomic E-state index is 0.0290. The summed E-state index contributed by atoms with van der Waals surface area (Å²) in [5, 5.41) is 20.8. The van der Waals surface area contributed by atoms with E-state index in [-0.39, 0.29) is 11.6 Å². The number of allylic oxidation sites excluding steroid dienone is 1. The predicted molar refractivity (Wildman–Crippen MR) is 64.5 cm³/mol. The van der Waals surface area contributed by atoms with E-state index in [4.69, 9.17) is 0 Å². The molecule has 0 fully saturated rings. The maximum Gasteiger partial charge on any atom is 0.269 e. The van der Waals surface area contributed by atoms with Crippen molar-refractivity contribution >= 4 is 5.69 Å². The van der Waals surface area contributed by atoms with Crippen LogP contribution in [0.3, 0.4) is 0 Å². The third kappa shape index (κ3) is 2.71. The molecule has 1 aliphatic carbocycles. The fourth-order valence-corrected chi connectivity index (χ4v) is 2.17. The summed E-state index contributed by atoms with van der Waals surface area (Å²) in [6.45, 7) is 0. The van der Waals surface area contributed by atoms with Gasteiger partial charge in [0.1, 0.15) is 0 Å². The molecule has 0 saturated heterocycles. The highest BCUT2D eigenvalue weighted by Crippen LogP contribution is 2.31. The predicted octanol–water partition coefficient (Wildman–Crippen LogP) is 2.98. The van der Waals surface area contributed by atoms with Gasteiger partial charge in [0.2, 0.25) is 0 Å². The van der Waals surface area contributed by atoms with Crippen LogP contribution in [0.1, 0.15) is 30.9 Å². The summed E-state index contributed by atoms with van der Waals surface area (Å²) in [7, 11) is 0. The van der Waals surface area contributed by atoms with E-state index in [1.807, 2.05) is 6.08 Å². The van der Waals surface area contributed by atoms with Crippen LogP contribution in [0.2, 0.25) is 0 Å². The maximum absolute atomic E-state index is 10.7. The van der Waals surface area contributed by atoms with Gasteiger partial charge in [0.15, 0.2) is 0 Å². The van der Waals surface area contributed by atoms with Gasteiger partial charge in [-0.3, -0.25) is 10.1 Å². The van der Waals surface area contributed by atoms with E-state index in [0.29, 0.717) is 5.56 Å². The number of benzene rings is 1. The first kappa shape index (κ1) is 11.8. The summed E-state index contributed by atoms with van der Waals surface area (Å²) < 4.78 is 0. The summed E-state index contributed by atoms with van der Waals surface area (Å²) in [5.41, 5.74) is 0.650. The van der Waals surface area contributed by atoms with E-state index in [2.05, 4.69) is 6.08 Å². The van der Waals surface area contributed by atoms with Gasteiger partial charge in [0, 0.05) is 18.1 Å². The van der Waals surface area contributed by atoms with Crippen LogP contribution in [0.25, 0.3) is 0 Å². The number of nitro benzene ring substituents is 1. The SMILES string of the molecule is O=[N+]([O-])c1cccc(C(O)C2C=CCCC2)c1. The molecule has 17 heavy (non-hydrogen) atoms. The molecular formula is C13H15NO3. The lowest BCUT2D eigenvalue weighted by Gasteiger charge is -2.22. The zero-order valence-electron chi connectivity index (χ0n) is 9.45. The van der Waals surface area contributed by atoms with Gasteiger partial charge in [-0.25, -0.2) is 0 Å². The number of rotatable bonds is 3. The summed E-state index contributed by atoms with van der Waals surface area (Å²) in [6.07, 6.45) is 6.47. The van der Waals surface area contributed by atoms with Crippen LogP contribution in [0.5, 0.6) is 0 Å². The summed E-state index contributed by atoms with van der Waals surface area (Å²) >= 11 is 0. The second kappa shape index (κ2) is 5.10. The molecule has 4 nitrogen and oxygen atoms in total. The second-order valence-corrected chi connectivity index (χ2v) is 4.32. The molecule has 2 rings (SSSR count). The fraction of sp³-hybridized carbons (Fsp3) is 0.385. The number of nitrogens with zero attached hydrogens (tertiary/aromatic N) is 1. The van der Waals surface area contributed by atoms with E-state index in [1.54, 1.807) is 12.1 Å². The lowest BCUT2D eigenvalue weighted by molar-refractivity contribution is -0.385. The van der Waals surface area contributed by atoms with Crippen LogP contribution in [-0.4, -0.2) is 10.0 Å². The summed E-state index contributed by atoms with van der Waals surface area (Å²) in [5.74, 6) is 0.0748. The quantitative estimate of drug-likeness (QED) is 0.496. The molecule has 90 valence electrons. The monoisotopic (exact) mass is 233 g/mol. The van der Waals surface area contributed by atoms with E-state index in [9.17, 15) is 15.2 Å². The first-order chi connectivity index (χ1) is 8.18. The highest BCUT2D eigenvalue weighted by Gasteiger charge is 2.21.